The van der Waals surface area contributed by atoms with E-state index in [-0.39, 0.29) is 16.4 Å². The molecular formula is C44H39N3O7S. The van der Waals surface area contributed by atoms with E-state index in [0.717, 1.165) is 39.2 Å². The van der Waals surface area contributed by atoms with Gasteiger partial charge in [0.05, 0.1) is 4.90 Å². The number of aryl methyl sites for hydroxylation is 2. The van der Waals surface area contributed by atoms with Crippen LogP contribution in [0.5, 0.6) is 0 Å². The van der Waals surface area contributed by atoms with Gasteiger partial charge in [-0.3, -0.25) is 4.79 Å². The summed E-state index contributed by atoms with van der Waals surface area (Å²) < 4.78 is 37.5. The Morgan fingerprint density at radius 1 is 0.545 bits per heavy atom. The van der Waals surface area contributed by atoms with E-state index in [1.54, 1.807) is 44.2 Å². The number of furan rings is 2. The Morgan fingerprint density at radius 2 is 0.927 bits per heavy atom. The van der Waals surface area contributed by atoms with E-state index < -0.39 is 21.9 Å². The van der Waals surface area contributed by atoms with Crippen molar-refractivity contribution in [3.63, 3.8) is 0 Å². The fourth-order valence-corrected chi connectivity index (χ4v) is 6.63. The number of hydrogen-bond acceptors (Lipinski definition) is 8. The molecule has 5 aromatic carbocycles. The lowest BCUT2D eigenvalue weighted by Crippen LogP contribution is -2.30. The molecule has 0 saturated carbocycles. The fraction of sp³-hybridized carbons (Fsp3) is 0.0909. The van der Waals surface area contributed by atoms with Crippen LogP contribution in [0.2, 0.25) is 0 Å². The normalized spacial score (nSPS) is 10.9. The minimum atomic E-state index is -3.97. The molecule has 7 rings (SSSR count). The van der Waals surface area contributed by atoms with E-state index in [4.69, 9.17) is 13.9 Å². The summed E-state index contributed by atoms with van der Waals surface area (Å²) in [5, 5.41) is 15.5. The standard InChI is InChI=1S/C25H22N2O4S.C19H17NO3/c1-18-21(17-26-22-14-12-20(13-15-22)19-8-4-2-5-9-19)16-24(31-18)25(28)27-32(29,30)23-10-6-3-7-11-23;1-13-16(11-18(23-13)19(21)22)12-20-17-9-7-15(8-10-17)14-5-3-2-4-6-14/h2-16,26H,17H2,1H3,(H,27,28);2-11,20H,12H2,1H3,(H,21,22). The highest BCUT2D eigenvalue weighted by Crippen LogP contribution is 2.24. The van der Waals surface area contributed by atoms with Crippen LogP contribution < -0.4 is 15.4 Å². The van der Waals surface area contributed by atoms with Crippen LogP contribution in [0.15, 0.2) is 165 Å². The molecule has 278 valence electrons. The summed E-state index contributed by atoms with van der Waals surface area (Å²) in [5.74, 6) is -0.782. The van der Waals surface area contributed by atoms with Gasteiger partial charge < -0.3 is 24.6 Å². The summed E-state index contributed by atoms with van der Waals surface area (Å²) in [6.45, 7) is 4.45. The number of carbonyl (C=O) groups excluding carboxylic acids is 1. The van der Waals surface area contributed by atoms with Crippen LogP contribution in [0.4, 0.5) is 11.4 Å². The van der Waals surface area contributed by atoms with Gasteiger partial charge in [0.25, 0.3) is 10.0 Å². The van der Waals surface area contributed by atoms with Gasteiger partial charge in [0.15, 0.2) is 5.76 Å². The maximum absolute atomic E-state index is 12.4. The van der Waals surface area contributed by atoms with Crippen molar-refractivity contribution < 1.29 is 31.9 Å². The SMILES string of the molecule is Cc1oc(C(=O)NS(=O)(=O)c2ccccc2)cc1CNc1ccc(-c2ccccc2)cc1.Cc1oc(C(=O)O)cc1CNc1ccc(-c2ccccc2)cc1. The van der Waals surface area contributed by atoms with Gasteiger partial charge in [-0.25, -0.2) is 17.9 Å². The second-order valence-corrected chi connectivity index (χ2v) is 14.2. The molecule has 7 aromatic rings. The first kappa shape index (κ1) is 37.9. The van der Waals surface area contributed by atoms with Crippen LogP contribution in [0.3, 0.4) is 0 Å². The lowest BCUT2D eigenvalue weighted by Gasteiger charge is -2.07. The van der Waals surface area contributed by atoms with Gasteiger partial charge in [-0.1, -0.05) is 103 Å². The minimum Gasteiger partial charge on any atom is -0.475 e. The van der Waals surface area contributed by atoms with Crippen molar-refractivity contribution in [1.29, 1.82) is 0 Å². The van der Waals surface area contributed by atoms with Gasteiger partial charge >= 0.3 is 11.9 Å². The van der Waals surface area contributed by atoms with Crippen molar-refractivity contribution in [3.8, 4) is 22.3 Å². The molecule has 0 saturated heterocycles. The molecule has 2 heterocycles. The Bertz CT molecular complexity index is 2460. The quantitative estimate of drug-likeness (QED) is 0.0956. The Balaban J connectivity index is 0.000000197. The summed E-state index contributed by atoms with van der Waals surface area (Å²) in [7, 11) is -3.97. The van der Waals surface area contributed by atoms with Crippen molar-refractivity contribution >= 4 is 33.3 Å². The third kappa shape index (κ3) is 9.98. The molecule has 0 atom stereocenters. The molecular weight excluding hydrogens is 715 g/mol. The van der Waals surface area contributed by atoms with Crippen LogP contribution in [0, 0.1) is 13.8 Å². The van der Waals surface area contributed by atoms with E-state index in [2.05, 4.69) is 47.0 Å². The minimum absolute atomic E-state index is 0.0115. The number of hydrogen-bond donors (Lipinski definition) is 4. The number of aromatic carboxylic acids is 1. The monoisotopic (exact) mass is 753 g/mol. The largest absolute Gasteiger partial charge is 0.475 e. The average Bonchev–Trinajstić information content (AvgIpc) is 3.79. The molecule has 0 bridgehead atoms. The smallest absolute Gasteiger partial charge is 0.371 e. The summed E-state index contributed by atoms with van der Waals surface area (Å²) in [6.07, 6.45) is 0. The number of nitrogens with one attached hydrogen (secondary N) is 3. The average molecular weight is 754 g/mol. The topological polar surface area (TPSA) is 151 Å². The predicted molar refractivity (Wildman–Crippen MR) is 213 cm³/mol. The first-order valence-electron chi connectivity index (χ1n) is 17.4. The molecule has 0 spiro atoms. The van der Waals surface area contributed by atoms with Crippen molar-refractivity contribution in [2.45, 2.75) is 31.8 Å². The van der Waals surface area contributed by atoms with Gasteiger partial charge in [0.2, 0.25) is 5.76 Å². The van der Waals surface area contributed by atoms with Crippen LogP contribution in [0.25, 0.3) is 22.3 Å². The lowest BCUT2D eigenvalue weighted by molar-refractivity contribution is 0.0660. The number of sulfonamides is 1. The molecule has 55 heavy (non-hydrogen) atoms. The van der Waals surface area contributed by atoms with Gasteiger partial charge in [-0.15, -0.1) is 0 Å². The first-order valence-corrected chi connectivity index (χ1v) is 18.9. The molecule has 0 unspecified atom stereocenters. The Labute approximate surface area is 319 Å². The summed E-state index contributed by atoms with van der Waals surface area (Å²) in [6, 6.07) is 47.3. The van der Waals surface area contributed by atoms with E-state index >= 15 is 0 Å². The van der Waals surface area contributed by atoms with Crippen molar-refractivity contribution in [2.24, 2.45) is 0 Å². The Morgan fingerprint density at radius 3 is 1.35 bits per heavy atom. The number of amides is 1. The summed E-state index contributed by atoms with van der Waals surface area (Å²) in [4.78, 5) is 23.4. The number of rotatable bonds is 12. The zero-order valence-electron chi connectivity index (χ0n) is 30.2. The zero-order valence-corrected chi connectivity index (χ0v) is 31.0. The van der Waals surface area contributed by atoms with Crippen LogP contribution in [-0.2, 0) is 23.1 Å². The van der Waals surface area contributed by atoms with E-state index in [9.17, 15) is 18.0 Å². The summed E-state index contributed by atoms with van der Waals surface area (Å²) >= 11 is 0. The van der Waals surface area contributed by atoms with Gasteiger partial charge in [-0.2, -0.15) is 0 Å². The van der Waals surface area contributed by atoms with Crippen LogP contribution >= 0.6 is 0 Å². The Kier molecular flexibility index (Phi) is 11.9. The lowest BCUT2D eigenvalue weighted by atomic mass is 10.1. The molecule has 0 aliphatic carbocycles. The highest BCUT2D eigenvalue weighted by atomic mass is 32.2. The van der Waals surface area contributed by atoms with Crippen molar-refractivity contribution in [2.75, 3.05) is 10.6 Å². The van der Waals surface area contributed by atoms with Crippen LogP contribution in [0.1, 0.15) is 43.8 Å². The third-order valence-corrected chi connectivity index (χ3v) is 10.1. The van der Waals surface area contributed by atoms with E-state index in [0.29, 0.717) is 24.6 Å². The van der Waals surface area contributed by atoms with Gasteiger partial charge in [0, 0.05) is 35.6 Å². The second-order valence-electron chi connectivity index (χ2n) is 12.5. The third-order valence-electron chi connectivity index (χ3n) is 8.71. The number of carboxylic acid groups (broad SMARTS) is 1. The van der Waals surface area contributed by atoms with Crippen molar-refractivity contribution in [3.05, 3.63) is 186 Å². The number of anilines is 2. The molecule has 11 heteroatoms. The van der Waals surface area contributed by atoms with E-state index in [1.165, 1.54) is 17.7 Å². The molecule has 0 radical (unpaired) electrons. The fourth-order valence-electron chi connectivity index (χ4n) is 5.66. The number of carboxylic acids is 1. The van der Waals surface area contributed by atoms with Crippen molar-refractivity contribution in [1.82, 2.24) is 4.72 Å². The highest BCUT2D eigenvalue weighted by molar-refractivity contribution is 7.90. The number of benzene rings is 5. The van der Waals surface area contributed by atoms with Gasteiger partial charge in [0.1, 0.15) is 11.5 Å². The van der Waals surface area contributed by atoms with E-state index in [1.807, 2.05) is 77.5 Å². The predicted octanol–water partition coefficient (Wildman–Crippen LogP) is 9.55. The molecule has 10 nitrogen and oxygen atoms in total. The molecule has 4 N–H and O–H groups in total. The number of carbonyl (C=O) groups is 2. The van der Waals surface area contributed by atoms with Gasteiger partial charge in [-0.05, 0) is 84.6 Å². The zero-order chi connectivity index (χ0) is 38.8. The maximum Gasteiger partial charge on any atom is 0.371 e. The molecule has 2 aromatic heterocycles. The maximum atomic E-state index is 12.4. The molecule has 1 amide bonds. The second kappa shape index (κ2) is 17.3. The summed E-state index contributed by atoms with van der Waals surface area (Å²) in [5.41, 5.74) is 8.10. The first-order chi connectivity index (χ1) is 26.6. The molecule has 0 aliphatic rings. The molecule has 0 fully saturated rings. The molecule has 0 aliphatic heterocycles. The highest BCUT2D eigenvalue weighted by Gasteiger charge is 2.22. The van der Waals surface area contributed by atoms with Crippen LogP contribution in [-0.4, -0.2) is 25.4 Å². The Hall–Kier alpha value is -6.85.